The van der Waals surface area contributed by atoms with Crippen molar-refractivity contribution in [1.82, 2.24) is 4.90 Å². The van der Waals surface area contributed by atoms with E-state index in [2.05, 4.69) is 0 Å². The Morgan fingerprint density at radius 2 is 1.76 bits per heavy atom. The third-order valence-corrected chi connectivity index (χ3v) is 8.58. The predicted octanol–water partition coefficient (Wildman–Crippen LogP) is 6.34. The molecule has 2 heterocycles. The number of ether oxygens (including phenoxy) is 4. The third kappa shape index (κ3) is 7.35. The molecule has 2 fully saturated rings. The van der Waals surface area contributed by atoms with Crippen LogP contribution in [-0.4, -0.2) is 67.7 Å². The van der Waals surface area contributed by atoms with Crippen LogP contribution >= 0.6 is 0 Å². The Bertz CT molecular complexity index is 1380. The van der Waals surface area contributed by atoms with E-state index in [1.807, 2.05) is 52.0 Å². The fourth-order valence-corrected chi connectivity index (χ4v) is 6.50. The molecule has 45 heavy (non-hydrogen) atoms. The van der Waals surface area contributed by atoms with Crippen molar-refractivity contribution in [2.45, 2.75) is 84.3 Å². The number of alkyl halides is 3. The largest absolute Gasteiger partial charge is 0.496 e. The van der Waals surface area contributed by atoms with Gasteiger partial charge < -0.3 is 23.8 Å². The van der Waals surface area contributed by atoms with E-state index in [1.54, 1.807) is 6.92 Å². The second kappa shape index (κ2) is 13.9. The summed E-state index contributed by atoms with van der Waals surface area (Å²) < 4.78 is 63.6. The SMILES string of the molecule is CCOC(=O)[C@@H]1[C@@H](C(C)(C)C)[C@H](OCC(=O)c2cc(C(F)(F)F)ccc2OC)[C@H](c2ccccc2C)N1C(=O)[C@@H]1CCCCO1. The van der Waals surface area contributed by atoms with E-state index < -0.39 is 65.7 Å². The van der Waals surface area contributed by atoms with Crippen molar-refractivity contribution < 1.29 is 46.5 Å². The number of nitrogens with zero attached hydrogens (tertiary/aromatic N) is 1. The number of ketones is 1. The highest BCUT2D eigenvalue weighted by molar-refractivity contribution is 6.00. The van der Waals surface area contributed by atoms with Gasteiger partial charge in [0, 0.05) is 12.5 Å². The van der Waals surface area contributed by atoms with Gasteiger partial charge in [0.1, 0.15) is 24.5 Å². The molecule has 0 saturated carbocycles. The molecule has 11 heteroatoms. The van der Waals surface area contributed by atoms with E-state index in [4.69, 9.17) is 18.9 Å². The van der Waals surface area contributed by atoms with E-state index >= 15 is 0 Å². The fourth-order valence-electron chi connectivity index (χ4n) is 6.50. The smallest absolute Gasteiger partial charge is 0.416 e. The molecular formula is C34H42F3NO7. The highest BCUT2D eigenvalue weighted by Crippen LogP contribution is 2.51. The lowest BCUT2D eigenvalue weighted by Crippen LogP contribution is -2.51. The summed E-state index contributed by atoms with van der Waals surface area (Å²) >= 11 is 0. The first kappa shape index (κ1) is 34.4. The van der Waals surface area contributed by atoms with Crippen LogP contribution in [0.25, 0.3) is 0 Å². The summed E-state index contributed by atoms with van der Waals surface area (Å²) in [5.41, 5.74) is -0.374. The Hall–Kier alpha value is -3.44. The van der Waals surface area contributed by atoms with Gasteiger partial charge >= 0.3 is 12.1 Å². The number of benzene rings is 2. The van der Waals surface area contributed by atoms with Crippen molar-refractivity contribution in [3.8, 4) is 5.75 Å². The van der Waals surface area contributed by atoms with E-state index in [9.17, 15) is 27.6 Å². The van der Waals surface area contributed by atoms with Crippen LogP contribution in [0.15, 0.2) is 42.5 Å². The number of Topliss-reactive ketones (excluding diaryl/α,β-unsaturated/α-hetero) is 1. The summed E-state index contributed by atoms with van der Waals surface area (Å²) in [6.07, 6.45) is -4.24. The third-order valence-electron chi connectivity index (χ3n) is 8.58. The second-order valence-electron chi connectivity index (χ2n) is 12.6. The van der Waals surface area contributed by atoms with Gasteiger partial charge in [-0.2, -0.15) is 13.2 Å². The maximum atomic E-state index is 14.4. The summed E-state index contributed by atoms with van der Waals surface area (Å²) in [6.45, 7) is 9.20. The molecule has 1 amide bonds. The minimum Gasteiger partial charge on any atom is -0.496 e. The standard InChI is InChI=1S/C34H42F3NO7/c1-7-43-32(41)29-27(33(3,4)5)30(45-19-24(39)23-18-21(34(35,36)37)15-16-25(23)42-6)28(22-13-9-8-12-20(22)2)38(29)31(40)26-14-10-11-17-44-26/h8-9,12-13,15-16,18,26-30H,7,10-11,14,17,19H2,1-6H3/t26-,27+,28-,29-,30-/m0/s1. The van der Waals surface area contributed by atoms with Gasteiger partial charge in [0.25, 0.3) is 5.91 Å². The monoisotopic (exact) mass is 633 g/mol. The van der Waals surface area contributed by atoms with Gasteiger partial charge in [0.2, 0.25) is 0 Å². The van der Waals surface area contributed by atoms with Crippen LogP contribution in [0.1, 0.15) is 80.0 Å². The van der Waals surface area contributed by atoms with Crippen LogP contribution < -0.4 is 4.74 Å². The number of hydrogen-bond acceptors (Lipinski definition) is 7. The van der Waals surface area contributed by atoms with Crippen molar-refractivity contribution in [2.75, 3.05) is 26.9 Å². The minimum atomic E-state index is -4.67. The Morgan fingerprint density at radius 3 is 2.33 bits per heavy atom. The van der Waals surface area contributed by atoms with Gasteiger partial charge in [-0.3, -0.25) is 9.59 Å². The zero-order chi connectivity index (χ0) is 33.1. The molecule has 2 aromatic rings. The first-order valence-electron chi connectivity index (χ1n) is 15.3. The molecule has 2 saturated heterocycles. The Kier molecular flexibility index (Phi) is 10.6. The highest BCUT2D eigenvalue weighted by atomic mass is 19.4. The van der Waals surface area contributed by atoms with Crippen LogP contribution in [-0.2, 0) is 30.0 Å². The van der Waals surface area contributed by atoms with Gasteiger partial charge in [0.05, 0.1) is 37.0 Å². The number of rotatable bonds is 9. The van der Waals surface area contributed by atoms with Crippen molar-refractivity contribution in [1.29, 1.82) is 0 Å². The molecule has 0 unspecified atom stereocenters. The van der Waals surface area contributed by atoms with Crippen LogP contribution in [0.4, 0.5) is 13.2 Å². The summed E-state index contributed by atoms with van der Waals surface area (Å²) in [5, 5.41) is 0. The molecule has 0 spiro atoms. The van der Waals surface area contributed by atoms with Gasteiger partial charge in [0.15, 0.2) is 5.78 Å². The zero-order valence-electron chi connectivity index (χ0n) is 26.6. The van der Waals surface area contributed by atoms with Gasteiger partial charge in [-0.05, 0) is 67.9 Å². The van der Waals surface area contributed by atoms with Crippen LogP contribution in [0.2, 0.25) is 0 Å². The highest BCUT2D eigenvalue weighted by Gasteiger charge is 2.60. The van der Waals surface area contributed by atoms with E-state index in [0.717, 1.165) is 42.2 Å². The zero-order valence-corrected chi connectivity index (χ0v) is 26.6. The topological polar surface area (TPSA) is 91.4 Å². The number of likely N-dealkylation sites (tertiary alicyclic amines) is 1. The molecule has 5 atom stereocenters. The van der Waals surface area contributed by atoms with Crippen LogP contribution in [0.3, 0.4) is 0 Å². The maximum Gasteiger partial charge on any atom is 0.416 e. The average molecular weight is 634 g/mol. The molecule has 2 aliphatic rings. The summed E-state index contributed by atoms with van der Waals surface area (Å²) in [4.78, 5) is 43.2. The lowest BCUT2D eigenvalue weighted by atomic mass is 9.73. The first-order chi connectivity index (χ1) is 21.2. The molecule has 0 N–H and O–H groups in total. The van der Waals surface area contributed by atoms with Crippen LogP contribution in [0.5, 0.6) is 5.75 Å². The maximum absolute atomic E-state index is 14.4. The van der Waals surface area contributed by atoms with Gasteiger partial charge in [-0.1, -0.05) is 45.0 Å². The Balaban J connectivity index is 1.83. The molecule has 2 aromatic carbocycles. The number of amides is 1. The number of carbonyl (C=O) groups is 3. The molecule has 0 aliphatic carbocycles. The summed E-state index contributed by atoms with van der Waals surface area (Å²) in [6, 6.07) is 8.21. The molecule has 246 valence electrons. The molecule has 0 radical (unpaired) electrons. The summed E-state index contributed by atoms with van der Waals surface area (Å²) in [5.74, 6) is -2.39. The second-order valence-corrected chi connectivity index (χ2v) is 12.6. The Morgan fingerprint density at radius 1 is 1.04 bits per heavy atom. The predicted molar refractivity (Wildman–Crippen MR) is 160 cm³/mol. The minimum absolute atomic E-state index is 0.0264. The van der Waals surface area contributed by atoms with Crippen molar-refractivity contribution in [3.05, 3.63) is 64.7 Å². The molecule has 4 rings (SSSR count). The summed E-state index contributed by atoms with van der Waals surface area (Å²) in [7, 11) is 1.27. The first-order valence-corrected chi connectivity index (χ1v) is 15.3. The van der Waals surface area contributed by atoms with Crippen molar-refractivity contribution in [3.63, 3.8) is 0 Å². The van der Waals surface area contributed by atoms with Crippen molar-refractivity contribution in [2.24, 2.45) is 11.3 Å². The number of aryl methyl sites for hydroxylation is 1. The molecule has 2 aliphatic heterocycles. The number of carbonyl (C=O) groups excluding carboxylic acids is 3. The number of hydrogen-bond donors (Lipinski definition) is 0. The number of methoxy groups -OCH3 is 1. The van der Waals surface area contributed by atoms with E-state index in [-0.39, 0.29) is 23.8 Å². The molecular weight excluding hydrogens is 591 g/mol. The lowest BCUT2D eigenvalue weighted by molar-refractivity contribution is -0.162. The quantitative estimate of drug-likeness (QED) is 0.235. The normalized spacial score (nSPS) is 23.9. The average Bonchev–Trinajstić information content (AvgIpc) is 3.35. The number of halogens is 3. The number of esters is 1. The molecule has 0 bridgehead atoms. The van der Waals surface area contributed by atoms with Crippen molar-refractivity contribution >= 4 is 17.7 Å². The fraction of sp³-hybridized carbons (Fsp3) is 0.559. The van der Waals surface area contributed by atoms with Crippen LogP contribution in [0, 0.1) is 18.3 Å². The molecule has 0 aromatic heterocycles. The van der Waals surface area contributed by atoms with Gasteiger partial charge in [-0.15, -0.1) is 0 Å². The molecule has 8 nitrogen and oxygen atoms in total. The van der Waals surface area contributed by atoms with Gasteiger partial charge in [-0.25, -0.2) is 4.79 Å². The van der Waals surface area contributed by atoms with E-state index in [0.29, 0.717) is 13.0 Å². The van der Waals surface area contributed by atoms with E-state index in [1.165, 1.54) is 12.0 Å². The Labute approximate surface area is 262 Å². The lowest BCUT2D eigenvalue weighted by Gasteiger charge is -2.36.